The quantitative estimate of drug-likeness (QED) is 0.525. The minimum atomic E-state index is 0.0863. The number of hydrogen-bond acceptors (Lipinski definition) is 2. The number of aliphatic imine (C=N–C) groups is 1. The van der Waals surface area contributed by atoms with Crippen LogP contribution in [-0.2, 0) is 4.74 Å². The molecule has 0 amide bonds. The molecule has 0 N–H and O–H groups in total. The van der Waals surface area contributed by atoms with E-state index >= 15 is 0 Å². The average Bonchev–Trinajstić information content (AvgIpc) is 1.83. The smallest absolute Gasteiger partial charge is 0.183 e. The van der Waals surface area contributed by atoms with Crippen molar-refractivity contribution in [3.63, 3.8) is 0 Å². The van der Waals surface area contributed by atoms with Crippen LogP contribution in [0.2, 0.25) is 0 Å². The van der Waals surface area contributed by atoms with E-state index in [-0.39, 0.29) is 5.54 Å². The second kappa shape index (κ2) is 2.84. The lowest BCUT2D eigenvalue weighted by atomic mass is 9.87. The Hall–Kier alpha value is -0.530. The molecule has 1 atom stereocenters. The van der Waals surface area contributed by atoms with Crippen molar-refractivity contribution >= 4 is 5.90 Å². The first-order chi connectivity index (χ1) is 5.03. The van der Waals surface area contributed by atoms with Crippen LogP contribution in [0.25, 0.3) is 0 Å². The summed E-state index contributed by atoms with van der Waals surface area (Å²) in [5.41, 5.74) is 0.0863. The van der Waals surface area contributed by atoms with Crippen molar-refractivity contribution in [3.8, 4) is 0 Å². The van der Waals surface area contributed by atoms with Gasteiger partial charge in [-0.05, 0) is 26.2 Å². The van der Waals surface area contributed by atoms with Crippen LogP contribution in [-0.4, -0.2) is 18.5 Å². The fourth-order valence-electron chi connectivity index (χ4n) is 1.78. The Balaban J connectivity index is 2.74. The Bertz CT molecular complexity index is 172. The van der Waals surface area contributed by atoms with Crippen LogP contribution >= 0.6 is 0 Å². The molecule has 0 aromatic heterocycles. The fourth-order valence-corrected chi connectivity index (χ4v) is 1.78. The summed E-state index contributed by atoms with van der Waals surface area (Å²) in [6.07, 6.45) is 2.17. The molecule has 0 aromatic rings. The molecule has 1 heterocycles. The van der Waals surface area contributed by atoms with Gasteiger partial charge in [0, 0.05) is 6.42 Å². The molecule has 0 saturated carbocycles. The van der Waals surface area contributed by atoms with Crippen LogP contribution in [0.1, 0.15) is 33.6 Å². The van der Waals surface area contributed by atoms with Gasteiger partial charge in [-0.1, -0.05) is 6.92 Å². The first-order valence-electron chi connectivity index (χ1n) is 4.16. The van der Waals surface area contributed by atoms with Crippen molar-refractivity contribution in [2.75, 3.05) is 7.11 Å². The average molecular weight is 155 g/mol. The Morgan fingerprint density at radius 3 is 2.64 bits per heavy atom. The summed E-state index contributed by atoms with van der Waals surface area (Å²) < 4.78 is 5.15. The van der Waals surface area contributed by atoms with Crippen LogP contribution < -0.4 is 0 Å². The molecule has 0 aliphatic carbocycles. The second-order valence-electron chi connectivity index (χ2n) is 4.04. The Morgan fingerprint density at radius 1 is 1.55 bits per heavy atom. The zero-order valence-corrected chi connectivity index (χ0v) is 7.85. The molecule has 1 aliphatic heterocycles. The first kappa shape index (κ1) is 8.57. The second-order valence-corrected chi connectivity index (χ2v) is 4.04. The van der Waals surface area contributed by atoms with Gasteiger partial charge >= 0.3 is 0 Å². The van der Waals surface area contributed by atoms with E-state index in [9.17, 15) is 0 Å². The highest BCUT2D eigenvalue weighted by atomic mass is 16.5. The molecule has 0 saturated heterocycles. The molecule has 2 nitrogen and oxygen atoms in total. The van der Waals surface area contributed by atoms with Crippen LogP contribution in [0, 0.1) is 5.92 Å². The Morgan fingerprint density at radius 2 is 2.18 bits per heavy atom. The monoisotopic (exact) mass is 155 g/mol. The molecule has 2 heteroatoms. The molecule has 0 bridgehead atoms. The van der Waals surface area contributed by atoms with E-state index in [0.29, 0.717) is 5.92 Å². The van der Waals surface area contributed by atoms with Crippen molar-refractivity contribution in [2.24, 2.45) is 10.9 Å². The number of ether oxygens (including phenoxy) is 1. The van der Waals surface area contributed by atoms with Crippen molar-refractivity contribution in [1.29, 1.82) is 0 Å². The van der Waals surface area contributed by atoms with E-state index in [1.165, 1.54) is 6.42 Å². The SMILES string of the molecule is COC1=NC(C)(C)CC(C)C1. The molecule has 0 fully saturated rings. The fraction of sp³-hybridized carbons (Fsp3) is 0.889. The van der Waals surface area contributed by atoms with Crippen molar-refractivity contribution in [3.05, 3.63) is 0 Å². The predicted molar refractivity (Wildman–Crippen MR) is 46.9 cm³/mol. The summed E-state index contributed by atoms with van der Waals surface area (Å²) in [6.45, 7) is 6.55. The third kappa shape index (κ3) is 2.21. The minimum absolute atomic E-state index is 0.0863. The Labute approximate surface area is 68.7 Å². The molecule has 1 unspecified atom stereocenters. The lowest BCUT2D eigenvalue weighted by Gasteiger charge is -2.29. The number of nitrogens with zero attached hydrogens (tertiary/aromatic N) is 1. The summed E-state index contributed by atoms with van der Waals surface area (Å²) in [6, 6.07) is 0. The van der Waals surface area contributed by atoms with E-state index in [2.05, 4.69) is 25.8 Å². The number of hydrogen-bond donors (Lipinski definition) is 0. The zero-order valence-electron chi connectivity index (χ0n) is 7.85. The molecular formula is C9H17NO. The summed E-state index contributed by atoms with van der Waals surface area (Å²) in [4.78, 5) is 4.48. The number of methoxy groups -OCH3 is 1. The van der Waals surface area contributed by atoms with Gasteiger partial charge in [0.2, 0.25) is 0 Å². The standard InChI is InChI=1S/C9H17NO/c1-7-5-8(11-4)10-9(2,3)6-7/h7H,5-6H2,1-4H3. The lowest BCUT2D eigenvalue weighted by Crippen LogP contribution is -2.29. The van der Waals surface area contributed by atoms with Crippen LogP contribution in [0.4, 0.5) is 0 Å². The van der Waals surface area contributed by atoms with Crippen LogP contribution in [0.15, 0.2) is 4.99 Å². The molecule has 0 aromatic carbocycles. The predicted octanol–water partition coefficient (Wildman–Crippen LogP) is 2.24. The van der Waals surface area contributed by atoms with Gasteiger partial charge in [-0.2, -0.15) is 0 Å². The van der Waals surface area contributed by atoms with Crippen molar-refractivity contribution < 1.29 is 4.74 Å². The van der Waals surface area contributed by atoms with E-state index in [4.69, 9.17) is 4.74 Å². The largest absolute Gasteiger partial charge is 0.484 e. The summed E-state index contributed by atoms with van der Waals surface area (Å²) >= 11 is 0. The van der Waals surface area contributed by atoms with Crippen LogP contribution in [0.3, 0.4) is 0 Å². The minimum Gasteiger partial charge on any atom is -0.484 e. The molecule has 1 aliphatic rings. The molecular weight excluding hydrogens is 138 g/mol. The van der Waals surface area contributed by atoms with Gasteiger partial charge in [0.1, 0.15) is 0 Å². The van der Waals surface area contributed by atoms with Crippen molar-refractivity contribution in [1.82, 2.24) is 0 Å². The molecule has 0 spiro atoms. The van der Waals surface area contributed by atoms with Gasteiger partial charge in [0.25, 0.3) is 0 Å². The molecule has 0 radical (unpaired) electrons. The normalized spacial score (nSPS) is 29.5. The third-order valence-electron chi connectivity index (χ3n) is 2.03. The highest BCUT2D eigenvalue weighted by Crippen LogP contribution is 2.28. The first-order valence-corrected chi connectivity index (χ1v) is 4.16. The molecule has 1 rings (SSSR count). The number of rotatable bonds is 0. The van der Waals surface area contributed by atoms with Gasteiger partial charge in [0.05, 0.1) is 12.6 Å². The summed E-state index contributed by atoms with van der Waals surface area (Å²) in [5.74, 6) is 1.62. The summed E-state index contributed by atoms with van der Waals surface area (Å²) in [7, 11) is 1.70. The lowest BCUT2D eigenvalue weighted by molar-refractivity contribution is 0.302. The summed E-state index contributed by atoms with van der Waals surface area (Å²) in [5, 5.41) is 0. The van der Waals surface area contributed by atoms with Gasteiger partial charge in [-0.25, -0.2) is 4.99 Å². The van der Waals surface area contributed by atoms with Gasteiger partial charge in [0.15, 0.2) is 5.90 Å². The van der Waals surface area contributed by atoms with Crippen molar-refractivity contribution in [2.45, 2.75) is 39.2 Å². The van der Waals surface area contributed by atoms with E-state index in [0.717, 1.165) is 12.3 Å². The van der Waals surface area contributed by atoms with Crippen LogP contribution in [0.5, 0.6) is 0 Å². The molecule has 64 valence electrons. The van der Waals surface area contributed by atoms with Gasteiger partial charge < -0.3 is 4.74 Å². The third-order valence-corrected chi connectivity index (χ3v) is 2.03. The maximum absolute atomic E-state index is 5.15. The highest BCUT2D eigenvalue weighted by molar-refractivity contribution is 5.77. The van der Waals surface area contributed by atoms with Gasteiger partial charge in [-0.15, -0.1) is 0 Å². The van der Waals surface area contributed by atoms with E-state index < -0.39 is 0 Å². The Kier molecular flexibility index (Phi) is 2.21. The van der Waals surface area contributed by atoms with E-state index in [1.54, 1.807) is 7.11 Å². The van der Waals surface area contributed by atoms with E-state index in [1.807, 2.05) is 0 Å². The highest BCUT2D eigenvalue weighted by Gasteiger charge is 2.26. The maximum Gasteiger partial charge on any atom is 0.183 e. The topological polar surface area (TPSA) is 21.6 Å². The van der Waals surface area contributed by atoms with Gasteiger partial charge in [-0.3, -0.25) is 0 Å². The maximum atomic E-state index is 5.15. The zero-order chi connectivity index (χ0) is 8.48. The molecule has 11 heavy (non-hydrogen) atoms.